The Morgan fingerprint density at radius 1 is 1.25 bits per heavy atom. The number of amides is 1. The molecule has 0 saturated heterocycles. The summed E-state index contributed by atoms with van der Waals surface area (Å²) in [4.78, 5) is 14.9. The molecule has 2 nitrogen and oxygen atoms in total. The summed E-state index contributed by atoms with van der Waals surface area (Å²) in [5.41, 5.74) is 0.557. The molecule has 0 bridgehead atoms. The van der Waals surface area contributed by atoms with E-state index >= 15 is 0 Å². The van der Waals surface area contributed by atoms with Crippen LogP contribution in [0.4, 0.5) is 4.39 Å². The van der Waals surface area contributed by atoms with Crippen LogP contribution in [0.25, 0.3) is 0 Å². The fraction of sp³-hybridized carbons (Fsp3) is 0.312. The Bertz CT molecular complexity index is 553. The van der Waals surface area contributed by atoms with Gasteiger partial charge in [0.05, 0.1) is 0 Å². The van der Waals surface area contributed by atoms with E-state index < -0.39 is 0 Å². The lowest BCUT2D eigenvalue weighted by Gasteiger charge is -2.17. The van der Waals surface area contributed by atoms with Gasteiger partial charge in [-0.15, -0.1) is 11.3 Å². The number of rotatable bonds is 6. The fourth-order valence-corrected chi connectivity index (χ4v) is 2.78. The second kappa shape index (κ2) is 7.20. The van der Waals surface area contributed by atoms with E-state index in [1.807, 2.05) is 11.4 Å². The van der Waals surface area contributed by atoms with Gasteiger partial charge in [-0.05, 0) is 30.4 Å². The molecule has 20 heavy (non-hydrogen) atoms. The Labute approximate surface area is 122 Å². The predicted molar refractivity (Wildman–Crippen MR) is 80.1 cm³/mol. The Morgan fingerprint density at radius 2 is 2.05 bits per heavy atom. The van der Waals surface area contributed by atoms with Crippen molar-refractivity contribution in [3.8, 4) is 0 Å². The monoisotopic (exact) mass is 291 g/mol. The van der Waals surface area contributed by atoms with Crippen molar-refractivity contribution in [3.05, 3.63) is 58.0 Å². The number of hydrogen-bond donors (Lipinski definition) is 0. The summed E-state index contributed by atoms with van der Waals surface area (Å²) >= 11 is 1.71. The first-order valence-electron chi connectivity index (χ1n) is 6.66. The van der Waals surface area contributed by atoms with Gasteiger partial charge in [0.25, 0.3) is 0 Å². The summed E-state index contributed by atoms with van der Waals surface area (Å²) < 4.78 is 13.5. The first kappa shape index (κ1) is 14.7. The lowest BCUT2D eigenvalue weighted by Crippen LogP contribution is -2.26. The molecular weight excluding hydrogens is 273 g/mol. The maximum Gasteiger partial charge on any atom is 0.222 e. The highest BCUT2D eigenvalue weighted by atomic mass is 32.1. The van der Waals surface area contributed by atoms with Gasteiger partial charge in [-0.3, -0.25) is 4.79 Å². The van der Waals surface area contributed by atoms with Crippen molar-refractivity contribution in [2.24, 2.45) is 0 Å². The minimum Gasteiger partial charge on any atom is -0.341 e. The van der Waals surface area contributed by atoms with E-state index in [0.717, 1.165) is 12.8 Å². The molecule has 0 saturated carbocycles. The summed E-state index contributed by atoms with van der Waals surface area (Å²) in [6, 6.07) is 10.7. The SMILES string of the molecule is CN(Cc1ccccc1F)C(=O)CCCc1cccs1. The predicted octanol–water partition coefficient (Wildman–Crippen LogP) is 3.87. The van der Waals surface area contributed by atoms with E-state index in [2.05, 4.69) is 6.07 Å². The van der Waals surface area contributed by atoms with E-state index in [1.54, 1.807) is 41.5 Å². The van der Waals surface area contributed by atoms with Crippen molar-refractivity contribution in [3.63, 3.8) is 0 Å². The van der Waals surface area contributed by atoms with Gasteiger partial charge in [0.2, 0.25) is 5.91 Å². The van der Waals surface area contributed by atoms with Crippen LogP contribution in [-0.4, -0.2) is 17.9 Å². The van der Waals surface area contributed by atoms with Crippen molar-refractivity contribution in [2.75, 3.05) is 7.05 Å². The maximum absolute atomic E-state index is 13.5. The zero-order valence-corrected chi connectivity index (χ0v) is 12.3. The number of nitrogens with zero attached hydrogens (tertiary/aromatic N) is 1. The summed E-state index contributed by atoms with van der Waals surface area (Å²) in [6.45, 7) is 0.324. The molecule has 0 unspecified atom stereocenters. The molecule has 0 atom stereocenters. The molecular formula is C16H18FNOS. The minimum absolute atomic E-state index is 0.0600. The first-order valence-corrected chi connectivity index (χ1v) is 7.54. The third kappa shape index (κ3) is 4.17. The standard InChI is InChI=1S/C16H18FNOS/c1-18(12-13-6-2-3-9-15(13)17)16(19)10-4-7-14-8-5-11-20-14/h2-3,5-6,8-9,11H,4,7,10,12H2,1H3. The van der Waals surface area contributed by atoms with E-state index in [1.165, 1.54) is 10.9 Å². The molecule has 2 rings (SSSR count). The number of hydrogen-bond acceptors (Lipinski definition) is 2. The largest absolute Gasteiger partial charge is 0.341 e. The first-order chi connectivity index (χ1) is 9.66. The molecule has 0 spiro atoms. The van der Waals surface area contributed by atoms with E-state index in [9.17, 15) is 9.18 Å². The van der Waals surface area contributed by atoms with Gasteiger partial charge in [0, 0.05) is 30.5 Å². The molecule has 1 amide bonds. The van der Waals surface area contributed by atoms with E-state index in [-0.39, 0.29) is 11.7 Å². The van der Waals surface area contributed by atoms with Crippen molar-refractivity contribution in [2.45, 2.75) is 25.8 Å². The van der Waals surface area contributed by atoms with Gasteiger partial charge < -0.3 is 4.90 Å². The van der Waals surface area contributed by atoms with Gasteiger partial charge in [-0.2, -0.15) is 0 Å². The van der Waals surface area contributed by atoms with Gasteiger partial charge in [0.15, 0.2) is 0 Å². The van der Waals surface area contributed by atoms with Gasteiger partial charge in [-0.1, -0.05) is 24.3 Å². The molecule has 2 aromatic rings. The van der Waals surface area contributed by atoms with Crippen LogP contribution in [0.15, 0.2) is 41.8 Å². The Kier molecular flexibility index (Phi) is 5.30. The number of halogens is 1. The second-order valence-electron chi connectivity index (χ2n) is 4.77. The van der Waals surface area contributed by atoms with E-state index in [4.69, 9.17) is 0 Å². The van der Waals surface area contributed by atoms with Crippen molar-refractivity contribution in [1.29, 1.82) is 0 Å². The topological polar surface area (TPSA) is 20.3 Å². The number of aryl methyl sites for hydroxylation is 1. The zero-order valence-electron chi connectivity index (χ0n) is 11.5. The molecule has 0 N–H and O–H groups in total. The molecule has 0 aliphatic carbocycles. The maximum atomic E-state index is 13.5. The number of thiophene rings is 1. The fourth-order valence-electron chi connectivity index (χ4n) is 2.03. The van der Waals surface area contributed by atoms with Crippen LogP contribution in [0.3, 0.4) is 0 Å². The molecule has 1 aromatic heterocycles. The lowest BCUT2D eigenvalue weighted by molar-refractivity contribution is -0.130. The molecule has 1 aromatic carbocycles. The molecule has 1 heterocycles. The highest BCUT2D eigenvalue weighted by molar-refractivity contribution is 7.09. The summed E-state index contributed by atoms with van der Waals surface area (Å²) in [5.74, 6) is -0.199. The smallest absolute Gasteiger partial charge is 0.222 e. The van der Waals surface area contributed by atoms with Gasteiger partial charge in [-0.25, -0.2) is 4.39 Å². The molecule has 0 radical (unpaired) electrons. The average Bonchev–Trinajstić information content (AvgIpc) is 2.94. The van der Waals surface area contributed by atoms with Crippen molar-refractivity contribution < 1.29 is 9.18 Å². The third-order valence-corrected chi connectivity index (χ3v) is 4.12. The number of benzene rings is 1. The minimum atomic E-state index is -0.259. The molecule has 4 heteroatoms. The highest BCUT2D eigenvalue weighted by Crippen LogP contribution is 2.13. The van der Waals surface area contributed by atoms with Crippen LogP contribution >= 0.6 is 11.3 Å². The Hall–Kier alpha value is -1.68. The molecule has 106 valence electrons. The third-order valence-electron chi connectivity index (χ3n) is 3.19. The Morgan fingerprint density at radius 3 is 2.75 bits per heavy atom. The summed E-state index contributed by atoms with van der Waals surface area (Å²) in [6.07, 6.45) is 2.26. The second-order valence-corrected chi connectivity index (χ2v) is 5.81. The quantitative estimate of drug-likeness (QED) is 0.791. The van der Waals surface area contributed by atoms with Crippen LogP contribution < -0.4 is 0 Å². The highest BCUT2D eigenvalue weighted by Gasteiger charge is 2.11. The van der Waals surface area contributed by atoms with Gasteiger partial charge in [0.1, 0.15) is 5.82 Å². The van der Waals surface area contributed by atoms with Crippen LogP contribution in [0.1, 0.15) is 23.3 Å². The average molecular weight is 291 g/mol. The van der Waals surface area contributed by atoms with Crippen molar-refractivity contribution in [1.82, 2.24) is 4.90 Å². The van der Waals surface area contributed by atoms with Crippen LogP contribution in [0.2, 0.25) is 0 Å². The van der Waals surface area contributed by atoms with E-state index in [0.29, 0.717) is 18.5 Å². The summed E-state index contributed by atoms with van der Waals surface area (Å²) in [5, 5.41) is 2.04. The van der Waals surface area contributed by atoms with Crippen LogP contribution in [0.5, 0.6) is 0 Å². The van der Waals surface area contributed by atoms with Crippen LogP contribution in [-0.2, 0) is 17.8 Å². The molecule has 0 aliphatic heterocycles. The lowest BCUT2D eigenvalue weighted by atomic mass is 10.1. The number of carbonyl (C=O) groups is 1. The number of carbonyl (C=O) groups excluding carboxylic acids is 1. The van der Waals surface area contributed by atoms with Crippen LogP contribution in [0, 0.1) is 5.82 Å². The normalized spacial score (nSPS) is 10.5. The summed E-state index contributed by atoms with van der Waals surface area (Å²) in [7, 11) is 1.72. The molecule has 0 fully saturated rings. The molecule has 0 aliphatic rings. The van der Waals surface area contributed by atoms with Crippen molar-refractivity contribution >= 4 is 17.2 Å². The Balaban J connectivity index is 1.79. The van der Waals surface area contributed by atoms with Gasteiger partial charge >= 0.3 is 0 Å². The zero-order chi connectivity index (χ0) is 14.4.